The highest BCUT2D eigenvalue weighted by Gasteiger charge is 2.26. The summed E-state index contributed by atoms with van der Waals surface area (Å²) in [6.45, 7) is 6.98. The van der Waals surface area contributed by atoms with Gasteiger partial charge in [0.1, 0.15) is 5.78 Å². The molecule has 0 amide bonds. The van der Waals surface area contributed by atoms with Crippen LogP contribution < -0.4 is 5.32 Å². The van der Waals surface area contributed by atoms with Gasteiger partial charge in [-0.1, -0.05) is 48.0 Å². The lowest BCUT2D eigenvalue weighted by molar-refractivity contribution is -0.120. The average molecular weight is 459 g/mol. The van der Waals surface area contributed by atoms with E-state index < -0.39 is 0 Å². The first-order valence-corrected chi connectivity index (χ1v) is 13.1. The van der Waals surface area contributed by atoms with E-state index in [0.717, 1.165) is 58.5 Å². The number of aryl methyl sites for hydroxylation is 1. The normalized spacial score (nSPS) is 18.9. The van der Waals surface area contributed by atoms with Crippen molar-refractivity contribution in [2.75, 3.05) is 26.3 Å². The Balaban J connectivity index is 1.47. The Morgan fingerprint density at radius 3 is 2.62 bits per heavy atom. The number of nitrogens with one attached hydrogen (secondary N) is 1. The Bertz CT molecular complexity index is 1110. The fraction of sp³-hybridized carbons (Fsp3) is 0.500. The maximum absolute atomic E-state index is 13.4. The second-order valence-corrected chi connectivity index (χ2v) is 10.4. The molecule has 3 aromatic rings. The molecule has 4 heteroatoms. The monoisotopic (exact) mass is 458 g/mol. The van der Waals surface area contributed by atoms with Crippen LogP contribution in [0.25, 0.3) is 10.9 Å². The summed E-state index contributed by atoms with van der Waals surface area (Å²) in [5.74, 6) is 1.67. The summed E-state index contributed by atoms with van der Waals surface area (Å²) < 4.78 is 8.04. The first-order chi connectivity index (χ1) is 16.7. The zero-order chi connectivity index (χ0) is 23.3. The third-order valence-corrected chi connectivity index (χ3v) is 7.84. The first-order valence-electron chi connectivity index (χ1n) is 13.1. The summed E-state index contributed by atoms with van der Waals surface area (Å²) in [5, 5.41) is 4.71. The van der Waals surface area contributed by atoms with E-state index in [1.807, 2.05) is 0 Å². The topological polar surface area (TPSA) is 43.3 Å². The van der Waals surface area contributed by atoms with Crippen molar-refractivity contribution in [3.8, 4) is 0 Å². The van der Waals surface area contributed by atoms with Crippen molar-refractivity contribution in [1.82, 2.24) is 9.88 Å². The quantitative estimate of drug-likeness (QED) is 0.460. The van der Waals surface area contributed by atoms with Crippen LogP contribution in [-0.2, 0) is 16.1 Å². The summed E-state index contributed by atoms with van der Waals surface area (Å²) in [4.78, 5) is 13.4. The number of carbonyl (C=O) groups excluding carboxylic acids is 1. The molecule has 1 atom stereocenters. The molecule has 2 aliphatic rings. The number of hydrogen-bond donors (Lipinski definition) is 1. The van der Waals surface area contributed by atoms with E-state index in [4.69, 9.17) is 4.74 Å². The fourth-order valence-electron chi connectivity index (χ4n) is 5.92. The summed E-state index contributed by atoms with van der Waals surface area (Å²) in [6.07, 6.45) is 8.13. The Morgan fingerprint density at radius 2 is 1.82 bits per heavy atom. The molecule has 2 fully saturated rings. The largest absolute Gasteiger partial charge is 0.381 e. The SMILES string of the molecule is Cc1cccc(C(CC(=O)CC2CCNCC2)c2cn(CC3CCOCC3)c3ccccc23)c1. The number of aromatic nitrogens is 1. The second kappa shape index (κ2) is 10.9. The lowest BCUT2D eigenvalue weighted by Crippen LogP contribution is -2.29. The van der Waals surface area contributed by atoms with Gasteiger partial charge in [0.25, 0.3) is 0 Å². The molecule has 2 saturated heterocycles. The van der Waals surface area contributed by atoms with Crippen molar-refractivity contribution < 1.29 is 9.53 Å². The standard InChI is InChI=1S/C30H38N2O2/c1-22-5-4-6-25(17-22)28(19-26(33)18-23-9-13-31-14-10-23)29-21-32(20-24-11-15-34-16-12-24)30-8-3-2-7-27(29)30/h2-8,17,21,23-24,28,31H,9-16,18-20H2,1H3. The van der Waals surface area contributed by atoms with E-state index in [0.29, 0.717) is 30.5 Å². The lowest BCUT2D eigenvalue weighted by Gasteiger charge is -2.23. The number of Topliss-reactive ketones (excluding diaryl/α,β-unsaturated/α-hetero) is 1. The number of ketones is 1. The molecule has 0 radical (unpaired) electrons. The van der Waals surface area contributed by atoms with Crippen LogP contribution in [-0.4, -0.2) is 36.7 Å². The molecule has 1 N–H and O–H groups in total. The van der Waals surface area contributed by atoms with Gasteiger partial charge in [0.05, 0.1) is 0 Å². The van der Waals surface area contributed by atoms with Gasteiger partial charge in [-0.2, -0.15) is 0 Å². The second-order valence-electron chi connectivity index (χ2n) is 10.4. The molecule has 3 heterocycles. The number of carbonyl (C=O) groups is 1. The average Bonchev–Trinajstić information content (AvgIpc) is 3.22. The molecule has 5 rings (SSSR count). The zero-order valence-corrected chi connectivity index (χ0v) is 20.5. The van der Waals surface area contributed by atoms with Crippen LogP contribution in [0.1, 0.15) is 61.1 Å². The van der Waals surface area contributed by atoms with E-state index in [9.17, 15) is 4.79 Å². The van der Waals surface area contributed by atoms with Crippen LogP contribution >= 0.6 is 0 Å². The van der Waals surface area contributed by atoms with Gasteiger partial charge in [-0.3, -0.25) is 4.79 Å². The summed E-state index contributed by atoms with van der Waals surface area (Å²) in [5.41, 5.74) is 5.09. The van der Waals surface area contributed by atoms with Crippen LogP contribution in [0.15, 0.2) is 54.7 Å². The van der Waals surface area contributed by atoms with Crippen LogP contribution in [0, 0.1) is 18.8 Å². The molecule has 0 bridgehead atoms. The third kappa shape index (κ3) is 5.45. The molecule has 0 aliphatic carbocycles. The van der Waals surface area contributed by atoms with Gasteiger partial charge in [0.2, 0.25) is 0 Å². The minimum Gasteiger partial charge on any atom is -0.381 e. The van der Waals surface area contributed by atoms with Crippen molar-refractivity contribution in [3.05, 3.63) is 71.4 Å². The van der Waals surface area contributed by atoms with E-state index >= 15 is 0 Å². The van der Waals surface area contributed by atoms with Crippen molar-refractivity contribution >= 4 is 16.7 Å². The first kappa shape index (κ1) is 23.3. The molecule has 1 aromatic heterocycles. The number of rotatable bonds is 8. The molecule has 34 heavy (non-hydrogen) atoms. The molecule has 2 aromatic carbocycles. The summed E-state index contributed by atoms with van der Waals surface area (Å²) >= 11 is 0. The number of ether oxygens (including phenoxy) is 1. The number of piperidine rings is 1. The lowest BCUT2D eigenvalue weighted by atomic mass is 9.83. The van der Waals surface area contributed by atoms with Gasteiger partial charge in [-0.25, -0.2) is 0 Å². The minimum atomic E-state index is 0.0926. The molecule has 0 spiro atoms. The molecule has 2 aliphatic heterocycles. The van der Waals surface area contributed by atoms with Crippen LogP contribution in [0.3, 0.4) is 0 Å². The van der Waals surface area contributed by atoms with E-state index in [2.05, 4.69) is 71.5 Å². The Hall–Kier alpha value is -2.43. The Morgan fingerprint density at radius 1 is 1.03 bits per heavy atom. The molecular formula is C30H38N2O2. The Labute approximate surface area is 203 Å². The van der Waals surface area contributed by atoms with Gasteiger partial charge < -0.3 is 14.6 Å². The molecule has 1 unspecified atom stereocenters. The number of para-hydroxylation sites is 1. The van der Waals surface area contributed by atoms with E-state index in [-0.39, 0.29) is 5.92 Å². The van der Waals surface area contributed by atoms with Gasteiger partial charge in [0.15, 0.2) is 0 Å². The van der Waals surface area contributed by atoms with Gasteiger partial charge in [-0.15, -0.1) is 0 Å². The molecule has 0 saturated carbocycles. The van der Waals surface area contributed by atoms with Gasteiger partial charge in [0, 0.05) is 55.6 Å². The minimum absolute atomic E-state index is 0.0926. The maximum Gasteiger partial charge on any atom is 0.134 e. The van der Waals surface area contributed by atoms with Gasteiger partial charge in [-0.05, 0) is 74.7 Å². The van der Waals surface area contributed by atoms with E-state index in [1.54, 1.807) is 0 Å². The highest BCUT2D eigenvalue weighted by Crippen LogP contribution is 2.37. The Kier molecular flexibility index (Phi) is 7.46. The van der Waals surface area contributed by atoms with Crippen LogP contribution in [0.5, 0.6) is 0 Å². The smallest absolute Gasteiger partial charge is 0.134 e. The predicted octanol–water partition coefficient (Wildman–Crippen LogP) is 5.86. The highest BCUT2D eigenvalue weighted by atomic mass is 16.5. The highest BCUT2D eigenvalue weighted by molar-refractivity contribution is 5.87. The number of fused-ring (bicyclic) bond motifs is 1. The number of benzene rings is 2. The van der Waals surface area contributed by atoms with Gasteiger partial charge >= 0.3 is 0 Å². The van der Waals surface area contributed by atoms with Crippen molar-refractivity contribution in [3.63, 3.8) is 0 Å². The van der Waals surface area contributed by atoms with Crippen LogP contribution in [0.4, 0.5) is 0 Å². The van der Waals surface area contributed by atoms with Crippen molar-refractivity contribution in [2.45, 2.75) is 57.9 Å². The molecule has 4 nitrogen and oxygen atoms in total. The molecular weight excluding hydrogens is 420 g/mol. The van der Waals surface area contributed by atoms with Crippen molar-refractivity contribution in [2.24, 2.45) is 11.8 Å². The fourth-order valence-corrected chi connectivity index (χ4v) is 5.92. The maximum atomic E-state index is 13.4. The van der Waals surface area contributed by atoms with Crippen LogP contribution in [0.2, 0.25) is 0 Å². The molecule has 180 valence electrons. The third-order valence-electron chi connectivity index (χ3n) is 7.84. The number of hydrogen-bond acceptors (Lipinski definition) is 3. The zero-order valence-electron chi connectivity index (χ0n) is 20.5. The van der Waals surface area contributed by atoms with E-state index in [1.165, 1.54) is 27.6 Å². The number of nitrogens with zero attached hydrogens (tertiary/aromatic N) is 1. The summed E-state index contributed by atoms with van der Waals surface area (Å²) in [6, 6.07) is 17.5. The summed E-state index contributed by atoms with van der Waals surface area (Å²) in [7, 11) is 0. The van der Waals surface area contributed by atoms with Crippen molar-refractivity contribution in [1.29, 1.82) is 0 Å². The predicted molar refractivity (Wildman–Crippen MR) is 138 cm³/mol.